The summed E-state index contributed by atoms with van der Waals surface area (Å²) in [6, 6.07) is 9.71. The van der Waals surface area contributed by atoms with Crippen molar-refractivity contribution < 1.29 is 4.42 Å². The van der Waals surface area contributed by atoms with Gasteiger partial charge in [-0.1, -0.05) is 12.1 Å². The number of aromatic nitrogens is 1. The van der Waals surface area contributed by atoms with Crippen molar-refractivity contribution in [2.24, 2.45) is 0 Å². The van der Waals surface area contributed by atoms with E-state index in [1.807, 2.05) is 36.5 Å². The van der Waals surface area contributed by atoms with E-state index in [2.05, 4.69) is 4.98 Å². The van der Waals surface area contributed by atoms with E-state index >= 15 is 0 Å². The van der Waals surface area contributed by atoms with Crippen LogP contribution in [-0.4, -0.2) is 4.98 Å². The van der Waals surface area contributed by atoms with Gasteiger partial charge >= 0.3 is 0 Å². The molecule has 3 rings (SSSR count). The Balaban J connectivity index is 2.06. The number of hydrogen-bond donors (Lipinski definition) is 1. The van der Waals surface area contributed by atoms with Crippen LogP contribution in [0.5, 0.6) is 0 Å². The average Bonchev–Trinajstić information content (AvgIpc) is 3.02. The number of anilines is 1. The molecule has 0 saturated carbocycles. The van der Waals surface area contributed by atoms with Gasteiger partial charge in [0.2, 0.25) is 0 Å². The number of furan rings is 1. The van der Waals surface area contributed by atoms with Gasteiger partial charge in [0.05, 0.1) is 16.7 Å². The molecule has 0 aliphatic rings. The zero-order chi connectivity index (χ0) is 11.7. The molecule has 0 amide bonds. The Bertz CT molecular complexity index is 615. The molecular formula is C13H10N2OS. The van der Waals surface area contributed by atoms with Crippen LogP contribution in [0.25, 0.3) is 21.8 Å². The Morgan fingerprint density at radius 3 is 2.82 bits per heavy atom. The molecule has 1 aromatic carbocycles. The highest BCUT2D eigenvalue weighted by molar-refractivity contribution is 7.13. The second-order valence-corrected chi connectivity index (χ2v) is 4.53. The predicted octanol–water partition coefficient (Wildman–Crippen LogP) is 3.65. The molecule has 0 bridgehead atoms. The minimum absolute atomic E-state index is 0.739. The number of nitrogens with two attached hydrogens (primary N) is 1. The van der Waals surface area contributed by atoms with Gasteiger partial charge < -0.3 is 10.2 Å². The number of rotatable bonds is 2. The van der Waals surface area contributed by atoms with E-state index in [1.165, 1.54) is 0 Å². The molecule has 0 spiro atoms. The molecule has 3 nitrogen and oxygen atoms in total. The lowest BCUT2D eigenvalue weighted by Gasteiger charge is -2.04. The second kappa shape index (κ2) is 4.07. The third-order valence-corrected chi connectivity index (χ3v) is 3.36. The van der Waals surface area contributed by atoms with Crippen molar-refractivity contribution in [2.75, 3.05) is 5.73 Å². The summed E-state index contributed by atoms with van der Waals surface area (Å²) >= 11 is 1.58. The SMILES string of the molecule is Nc1cc(-c2ccco2)ccc1-c1cncs1. The molecule has 3 aromatic rings. The van der Waals surface area contributed by atoms with E-state index in [4.69, 9.17) is 10.2 Å². The first kappa shape index (κ1) is 10.1. The fourth-order valence-corrected chi connectivity index (χ4v) is 2.40. The van der Waals surface area contributed by atoms with Gasteiger partial charge in [-0.3, -0.25) is 4.98 Å². The molecule has 0 unspecified atom stereocenters. The van der Waals surface area contributed by atoms with E-state index in [0.717, 1.165) is 27.5 Å². The van der Waals surface area contributed by atoms with Gasteiger partial charge in [-0.15, -0.1) is 11.3 Å². The van der Waals surface area contributed by atoms with Crippen LogP contribution in [0.1, 0.15) is 0 Å². The lowest BCUT2D eigenvalue weighted by atomic mass is 10.1. The van der Waals surface area contributed by atoms with Crippen LogP contribution in [0.3, 0.4) is 0 Å². The first-order valence-electron chi connectivity index (χ1n) is 5.17. The molecule has 0 saturated heterocycles. The van der Waals surface area contributed by atoms with Crippen molar-refractivity contribution in [3.05, 3.63) is 48.3 Å². The molecule has 2 aromatic heterocycles. The smallest absolute Gasteiger partial charge is 0.133 e. The maximum Gasteiger partial charge on any atom is 0.133 e. The number of hydrogen-bond acceptors (Lipinski definition) is 4. The monoisotopic (exact) mass is 242 g/mol. The number of nitrogen functional groups attached to an aromatic ring is 1. The summed E-state index contributed by atoms with van der Waals surface area (Å²) in [5.41, 5.74) is 10.6. The van der Waals surface area contributed by atoms with Crippen LogP contribution in [0.15, 0.2) is 52.7 Å². The van der Waals surface area contributed by atoms with Crippen molar-refractivity contribution >= 4 is 17.0 Å². The third-order valence-electron chi connectivity index (χ3n) is 2.56. The van der Waals surface area contributed by atoms with Crippen molar-refractivity contribution in [2.45, 2.75) is 0 Å². The zero-order valence-electron chi connectivity index (χ0n) is 8.96. The van der Waals surface area contributed by atoms with Gasteiger partial charge in [-0.05, 0) is 18.2 Å². The number of thiazole rings is 1. The minimum Gasteiger partial charge on any atom is -0.464 e. The maximum atomic E-state index is 6.06. The molecule has 0 aliphatic heterocycles. The van der Waals surface area contributed by atoms with Gasteiger partial charge in [0.25, 0.3) is 0 Å². The van der Waals surface area contributed by atoms with E-state index in [1.54, 1.807) is 23.1 Å². The summed E-state index contributed by atoms with van der Waals surface area (Å²) in [7, 11) is 0. The highest BCUT2D eigenvalue weighted by Crippen LogP contribution is 2.32. The number of nitrogens with zero attached hydrogens (tertiary/aromatic N) is 1. The predicted molar refractivity (Wildman–Crippen MR) is 69.7 cm³/mol. The number of benzene rings is 1. The molecule has 0 radical (unpaired) electrons. The van der Waals surface area contributed by atoms with Gasteiger partial charge in [0.15, 0.2) is 0 Å². The van der Waals surface area contributed by atoms with Crippen LogP contribution >= 0.6 is 11.3 Å². The summed E-state index contributed by atoms with van der Waals surface area (Å²) < 4.78 is 5.34. The molecule has 2 heterocycles. The fourth-order valence-electron chi connectivity index (χ4n) is 1.73. The van der Waals surface area contributed by atoms with Gasteiger partial charge in [0, 0.05) is 23.0 Å². The Kier molecular flexibility index (Phi) is 2.42. The van der Waals surface area contributed by atoms with E-state index in [-0.39, 0.29) is 0 Å². The van der Waals surface area contributed by atoms with Crippen LogP contribution < -0.4 is 5.73 Å². The van der Waals surface area contributed by atoms with E-state index in [0.29, 0.717) is 0 Å². The van der Waals surface area contributed by atoms with Gasteiger partial charge in [-0.25, -0.2) is 0 Å². The molecule has 0 fully saturated rings. The minimum atomic E-state index is 0.739. The standard InChI is InChI=1S/C13H10N2OS/c14-11-6-9(12-2-1-5-16-12)3-4-10(11)13-7-15-8-17-13/h1-8H,14H2. The summed E-state index contributed by atoms with van der Waals surface area (Å²) in [4.78, 5) is 5.13. The molecule has 0 aliphatic carbocycles. The van der Waals surface area contributed by atoms with Gasteiger partial charge in [0.1, 0.15) is 5.76 Å². The Morgan fingerprint density at radius 2 is 2.18 bits per heavy atom. The van der Waals surface area contributed by atoms with Crippen molar-refractivity contribution in [3.8, 4) is 21.8 Å². The molecule has 0 atom stereocenters. The second-order valence-electron chi connectivity index (χ2n) is 3.65. The lowest BCUT2D eigenvalue weighted by molar-refractivity contribution is 0.582. The largest absolute Gasteiger partial charge is 0.464 e. The van der Waals surface area contributed by atoms with Crippen LogP contribution in [0.2, 0.25) is 0 Å². The van der Waals surface area contributed by atoms with Crippen molar-refractivity contribution in [1.29, 1.82) is 0 Å². The maximum absolute atomic E-state index is 6.06. The normalized spacial score (nSPS) is 10.6. The van der Waals surface area contributed by atoms with Crippen molar-refractivity contribution in [3.63, 3.8) is 0 Å². The van der Waals surface area contributed by atoms with Gasteiger partial charge in [-0.2, -0.15) is 0 Å². The van der Waals surface area contributed by atoms with Crippen molar-refractivity contribution in [1.82, 2.24) is 4.98 Å². The topological polar surface area (TPSA) is 52.0 Å². The highest BCUT2D eigenvalue weighted by atomic mass is 32.1. The summed E-state index contributed by atoms with van der Waals surface area (Å²) in [5.74, 6) is 0.826. The summed E-state index contributed by atoms with van der Waals surface area (Å²) in [5, 5.41) is 0. The summed E-state index contributed by atoms with van der Waals surface area (Å²) in [6.45, 7) is 0. The zero-order valence-corrected chi connectivity index (χ0v) is 9.78. The first-order valence-corrected chi connectivity index (χ1v) is 6.05. The average molecular weight is 242 g/mol. The van der Waals surface area contributed by atoms with Crippen LogP contribution in [0, 0.1) is 0 Å². The highest BCUT2D eigenvalue weighted by Gasteiger charge is 2.07. The van der Waals surface area contributed by atoms with E-state index < -0.39 is 0 Å². The lowest BCUT2D eigenvalue weighted by Crippen LogP contribution is -1.89. The quantitative estimate of drug-likeness (QED) is 0.698. The molecular weight excluding hydrogens is 232 g/mol. The molecule has 2 N–H and O–H groups in total. The molecule has 84 valence electrons. The summed E-state index contributed by atoms with van der Waals surface area (Å²) in [6.07, 6.45) is 3.48. The Hall–Kier alpha value is -2.07. The van der Waals surface area contributed by atoms with Crippen LogP contribution in [0.4, 0.5) is 5.69 Å². The Morgan fingerprint density at radius 1 is 1.24 bits per heavy atom. The fraction of sp³-hybridized carbons (Fsp3) is 0. The molecule has 17 heavy (non-hydrogen) atoms. The molecule has 4 heteroatoms. The Labute approximate surface area is 103 Å². The third kappa shape index (κ3) is 1.83. The first-order chi connectivity index (χ1) is 8.34. The van der Waals surface area contributed by atoms with E-state index in [9.17, 15) is 0 Å². The van der Waals surface area contributed by atoms with Crippen LogP contribution in [-0.2, 0) is 0 Å².